The predicted molar refractivity (Wildman–Crippen MR) is 90.8 cm³/mol. The highest BCUT2D eigenvalue weighted by Crippen LogP contribution is 2.33. The van der Waals surface area contributed by atoms with Crippen molar-refractivity contribution in [1.82, 2.24) is 9.97 Å². The molecule has 106 valence electrons. The Morgan fingerprint density at radius 1 is 1.10 bits per heavy atom. The van der Waals surface area contributed by atoms with Gasteiger partial charge in [0.15, 0.2) is 0 Å². The largest absolute Gasteiger partial charge is 0.373 e. The van der Waals surface area contributed by atoms with E-state index in [0.717, 1.165) is 31.8 Å². The Balaban J connectivity index is 2.43. The van der Waals surface area contributed by atoms with E-state index >= 15 is 0 Å². The maximum Gasteiger partial charge on any atom is 0.139 e. The Morgan fingerprint density at radius 3 is 2.40 bits per heavy atom. The van der Waals surface area contributed by atoms with Crippen molar-refractivity contribution in [3.63, 3.8) is 0 Å². The zero-order valence-corrected chi connectivity index (χ0v) is 14.7. The van der Waals surface area contributed by atoms with Crippen LogP contribution in [0.2, 0.25) is 0 Å². The monoisotopic (exact) mass is 398 g/mol. The molecule has 0 bridgehead atoms. The summed E-state index contributed by atoms with van der Waals surface area (Å²) in [5.74, 6) is 1.99. The second-order valence-electron chi connectivity index (χ2n) is 4.64. The van der Waals surface area contributed by atoms with Gasteiger partial charge in [0.1, 0.15) is 18.0 Å². The van der Waals surface area contributed by atoms with E-state index in [0.29, 0.717) is 5.92 Å². The molecule has 0 radical (unpaired) electrons. The van der Waals surface area contributed by atoms with Crippen LogP contribution in [0.3, 0.4) is 0 Å². The number of nitrogens with zero attached hydrogens (tertiary/aromatic N) is 2. The first kappa shape index (κ1) is 15.3. The lowest BCUT2D eigenvalue weighted by Crippen LogP contribution is -2.07. The number of hydrogen-bond donors (Lipinski definition) is 2. The van der Waals surface area contributed by atoms with Crippen molar-refractivity contribution in [3.8, 4) is 0 Å². The third-order valence-corrected chi connectivity index (χ3v) is 4.03. The van der Waals surface area contributed by atoms with Crippen LogP contribution < -0.4 is 10.6 Å². The lowest BCUT2D eigenvalue weighted by atomic mass is 10.0. The normalized spacial score (nSPS) is 10.7. The van der Waals surface area contributed by atoms with E-state index in [9.17, 15) is 0 Å². The fraction of sp³-hybridized carbons (Fsp3) is 0.286. The van der Waals surface area contributed by atoms with Crippen molar-refractivity contribution in [2.75, 3.05) is 17.7 Å². The summed E-state index contributed by atoms with van der Waals surface area (Å²) >= 11 is 7.00. The van der Waals surface area contributed by atoms with Crippen molar-refractivity contribution in [2.45, 2.75) is 19.8 Å². The van der Waals surface area contributed by atoms with E-state index in [2.05, 4.69) is 66.3 Å². The van der Waals surface area contributed by atoms with Gasteiger partial charge in [0.05, 0.1) is 5.69 Å². The van der Waals surface area contributed by atoms with Crippen LogP contribution in [0.25, 0.3) is 0 Å². The fourth-order valence-electron chi connectivity index (χ4n) is 1.96. The van der Waals surface area contributed by atoms with E-state index in [1.54, 1.807) is 6.33 Å². The molecule has 0 atom stereocenters. The number of anilines is 3. The van der Waals surface area contributed by atoms with Crippen LogP contribution in [0, 0.1) is 0 Å². The molecular formula is C14H16Br2N4. The Morgan fingerprint density at radius 2 is 1.80 bits per heavy atom. The highest BCUT2D eigenvalue weighted by Gasteiger charge is 2.15. The SMILES string of the molecule is CNc1ncnc(Nc2ccc(Br)cc2Br)c1C(C)C. The minimum Gasteiger partial charge on any atom is -0.373 e. The standard InChI is InChI=1S/C14H16Br2N4/c1-8(2)12-13(17-3)18-7-19-14(12)20-11-5-4-9(15)6-10(11)16/h4-8H,1-3H3,(H2,17,18,19,20). The van der Waals surface area contributed by atoms with Crippen molar-refractivity contribution >= 4 is 49.2 Å². The van der Waals surface area contributed by atoms with E-state index in [-0.39, 0.29) is 0 Å². The third-order valence-electron chi connectivity index (χ3n) is 2.88. The summed E-state index contributed by atoms with van der Waals surface area (Å²) in [7, 11) is 1.87. The van der Waals surface area contributed by atoms with Crippen LogP contribution in [0.1, 0.15) is 25.3 Å². The predicted octanol–water partition coefficient (Wildman–Crippen LogP) is 4.91. The minimum atomic E-state index is 0.315. The number of halogens is 2. The molecule has 1 heterocycles. The van der Waals surface area contributed by atoms with E-state index < -0.39 is 0 Å². The van der Waals surface area contributed by atoms with Crippen LogP contribution in [0.15, 0.2) is 33.5 Å². The van der Waals surface area contributed by atoms with E-state index in [1.165, 1.54) is 0 Å². The maximum absolute atomic E-state index is 4.37. The molecule has 0 aliphatic rings. The molecule has 2 aromatic rings. The molecule has 20 heavy (non-hydrogen) atoms. The van der Waals surface area contributed by atoms with Crippen LogP contribution in [0.4, 0.5) is 17.3 Å². The van der Waals surface area contributed by atoms with Crippen molar-refractivity contribution < 1.29 is 0 Å². The fourth-order valence-corrected chi connectivity index (χ4v) is 3.11. The lowest BCUT2D eigenvalue weighted by molar-refractivity contribution is 0.852. The minimum absolute atomic E-state index is 0.315. The molecule has 4 nitrogen and oxygen atoms in total. The highest BCUT2D eigenvalue weighted by molar-refractivity contribution is 9.11. The van der Waals surface area contributed by atoms with Gasteiger partial charge in [0, 0.05) is 21.6 Å². The first-order valence-corrected chi connectivity index (χ1v) is 7.86. The molecule has 0 amide bonds. The van der Waals surface area contributed by atoms with Gasteiger partial charge in [0.2, 0.25) is 0 Å². The van der Waals surface area contributed by atoms with Gasteiger partial charge in [-0.1, -0.05) is 29.8 Å². The number of nitrogens with one attached hydrogen (secondary N) is 2. The van der Waals surface area contributed by atoms with Crippen molar-refractivity contribution in [1.29, 1.82) is 0 Å². The highest BCUT2D eigenvalue weighted by atomic mass is 79.9. The number of aromatic nitrogens is 2. The topological polar surface area (TPSA) is 49.8 Å². The molecule has 2 rings (SSSR count). The van der Waals surface area contributed by atoms with Gasteiger partial charge >= 0.3 is 0 Å². The Bertz CT molecular complexity index is 614. The summed E-state index contributed by atoms with van der Waals surface area (Å²) in [5.41, 5.74) is 2.04. The van der Waals surface area contributed by atoms with Gasteiger partial charge in [-0.2, -0.15) is 0 Å². The smallest absolute Gasteiger partial charge is 0.139 e. The molecule has 2 N–H and O–H groups in total. The number of hydrogen-bond acceptors (Lipinski definition) is 4. The van der Waals surface area contributed by atoms with Gasteiger partial charge in [-0.05, 0) is 40.0 Å². The van der Waals surface area contributed by atoms with Crippen molar-refractivity contribution in [2.24, 2.45) is 0 Å². The zero-order valence-electron chi connectivity index (χ0n) is 11.5. The molecule has 0 aliphatic carbocycles. The van der Waals surface area contributed by atoms with Crippen LogP contribution in [0.5, 0.6) is 0 Å². The first-order valence-electron chi connectivity index (χ1n) is 6.27. The summed E-state index contributed by atoms with van der Waals surface area (Å²) in [6.07, 6.45) is 1.56. The molecule has 6 heteroatoms. The second kappa shape index (κ2) is 6.54. The molecule has 1 aromatic heterocycles. The summed E-state index contributed by atoms with van der Waals surface area (Å²) in [5, 5.41) is 6.48. The average molecular weight is 400 g/mol. The molecule has 0 saturated heterocycles. The summed E-state index contributed by atoms with van der Waals surface area (Å²) in [4.78, 5) is 8.65. The quantitative estimate of drug-likeness (QED) is 0.766. The van der Waals surface area contributed by atoms with Gasteiger partial charge in [0.25, 0.3) is 0 Å². The van der Waals surface area contributed by atoms with E-state index in [1.807, 2.05) is 25.2 Å². The molecule has 1 aromatic carbocycles. The Labute approximate surface area is 135 Å². The molecule has 0 fully saturated rings. The molecule has 0 unspecified atom stereocenters. The first-order chi connectivity index (χ1) is 9.52. The van der Waals surface area contributed by atoms with Gasteiger partial charge < -0.3 is 10.6 Å². The summed E-state index contributed by atoms with van der Waals surface area (Å²) in [6, 6.07) is 5.99. The van der Waals surface area contributed by atoms with E-state index in [4.69, 9.17) is 0 Å². The zero-order chi connectivity index (χ0) is 14.7. The summed E-state index contributed by atoms with van der Waals surface area (Å²) < 4.78 is 2.00. The number of rotatable bonds is 4. The third kappa shape index (κ3) is 3.30. The average Bonchev–Trinajstić information content (AvgIpc) is 2.41. The van der Waals surface area contributed by atoms with Crippen LogP contribution in [-0.4, -0.2) is 17.0 Å². The van der Waals surface area contributed by atoms with Gasteiger partial charge in [-0.3, -0.25) is 0 Å². The molecule has 0 saturated carbocycles. The lowest BCUT2D eigenvalue weighted by Gasteiger charge is -2.17. The van der Waals surface area contributed by atoms with Gasteiger partial charge in [-0.15, -0.1) is 0 Å². The molecular weight excluding hydrogens is 384 g/mol. The van der Waals surface area contributed by atoms with Gasteiger partial charge in [-0.25, -0.2) is 9.97 Å². The molecule has 0 spiro atoms. The van der Waals surface area contributed by atoms with Crippen LogP contribution in [-0.2, 0) is 0 Å². The number of benzene rings is 1. The Hall–Kier alpha value is -1.14. The maximum atomic E-state index is 4.37. The van der Waals surface area contributed by atoms with Crippen molar-refractivity contribution in [3.05, 3.63) is 39.0 Å². The molecule has 0 aliphatic heterocycles. The second-order valence-corrected chi connectivity index (χ2v) is 6.41. The van der Waals surface area contributed by atoms with Crippen LogP contribution >= 0.6 is 31.9 Å². The Kier molecular flexibility index (Phi) is 4.99. The summed E-state index contributed by atoms with van der Waals surface area (Å²) in [6.45, 7) is 4.25.